The summed E-state index contributed by atoms with van der Waals surface area (Å²) in [5.41, 5.74) is 0.357. The molecule has 36 heavy (non-hydrogen) atoms. The van der Waals surface area contributed by atoms with Crippen LogP contribution in [0.3, 0.4) is 0 Å². The van der Waals surface area contributed by atoms with Gasteiger partial charge in [-0.1, -0.05) is 0 Å². The quantitative estimate of drug-likeness (QED) is 0.321. The van der Waals surface area contributed by atoms with E-state index in [2.05, 4.69) is 0 Å². The van der Waals surface area contributed by atoms with Crippen molar-refractivity contribution in [1.29, 1.82) is 0 Å². The average Bonchev–Trinajstić information content (AvgIpc) is 2.82. The summed E-state index contributed by atoms with van der Waals surface area (Å²) in [6.07, 6.45) is -4.41. The maximum atomic E-state index is 13.6. The minimum atomic E-state index is -4.46. The highest BCUT2D eigenvalue weighted by Gasteiger charge is 2.35. The molecule has 1 fully saturated rings. The summed E-state index contributed by atoms with van der Waals surface area (Å²) >= 11 is 0. The number of nitrogens with one attached hydrogen (secondary N) is 1. The molecule has 0 aromatic heterocycles. The van der Waals surface area contributed by atoms with Gasteiger partial charge in [0.25, 0.3) is 5.91 Å². The molecule has 3 rings (SSSR count). The summed E-state index contributed by atoms with van der Waals surface area (Å²) in [5, 5.41) is 9.20. The van der Waals surface area contributed by atoms with Crippen molar-refractivity contribution in [3.63, 3.8) is 0 Å². The fourth-order valence-electron chi connectivity index (χ4n) is 3.87. The van der Waals surface area contributed by atoms with E-state index >= 15 is 0 Å². The number of carbonyl (C=O) groups is 2. The summed E-state index contributed by atoms with van der Waals surface area (Å²) in [7, 11) is -0.987. The first kappa shape index (κ1) is 27.4. The molecule has 9 nitrogen and oxygen atoms in total. The minimum Gasteiger partial charge on any atom is -0.490 e. The Kier molecular flexibility index (Phi) is 7.96. The largest absolute Gasteiger partial charge is 0.490 e. The Morgan fingerprint density at radius 1 is 1.11 bits per heavy atom. The lowest BCUT2D eigenvalue weighted by Gasteiger charge is -2.32. The van der Waals surface area contributed by atoms with Gasteiger partial charge in [0.15, 0.2) is 5.78 Å². The first-order chi connectivity index (χ1) is 16.8. The number of benzene rings is 2. The molecule has 2 aromatic carbocycles. The van der Waals surface area contributed by atoms with Crippen molar-refractivity contribution in [2.75, 3.05) is 32.1 Å². The molecule has 0 unspecified atom stereocenters. The number of alkyl halides is 3. The molecule has 0 radical (unpaired) electrons. The maximum Gasteiger partial charge on any atom is 0.416 e. The molecule has 0 atom stereocenters. The fourth-order valence-corrected chi connectivity index (χ4v) is 5.57. The van der Waals surface area contributed by atoms with E-state index in [1.54, 1.807) is 19.0 Å². The van der Waals surface area contributed by atoms with Crippen LogP contribution in [0.2, 0.25) is 0 Å². The number of hydrogen-bond acceptors (Lipinski definition) is 7. The van der Waals surface area contributed by atoms with Crippen molar-refractivity contribution in [2.45, 2.75) is 36.9 Å². The van der Waals surface area contributed by atoms with Crippen LogP contribution in [-0.2, 0) is 16.2 Å². The normalized spacial score (nSPS) is 15.4. The van der Waals surface area contributed by atoms with E-state index in [4.69, 9.17) is 4.74 Å². The van der Waals surface area contributed by atoms with E-state index in [9.17, 15) is 36.4 Å². The number of piperidine rings is 1. The summed E-state index contributed by atoms with van der Waals surface area (Å²) in [6, 6.07) is 6.87. The van der Waals surface area contributed by atoms with Crippen molar-refractivity contribution in [3.05, 3.63) is 53.1 Å². The van der Waals surface area contributed by atoms with Crippen molar-refractivity contribution in [2.24, 2.45) is 0 Å². The molecule has 1 amide bonds. The van der Waals surface area contributed by atoms with Gasteiger partial charge in [-0.05, 0) is 56.2 Å². The van der Waals surface area contributed by atoms with Gasteiger partial charge in [0.1, 0.15) is 11.9 Å². The molecule has 2 N–H and O–H groups in total. The van der Waals surface area contributed by atoms with Gasteiger partial charge in [0.05, 0.1) is 16.0 Å². The first-order valence-electron chi connectivity index (χ1n) is 10.9. The van der Waals surface area contributed by atoms with E-state index < -0.39 is 50.0 Å². The van der Waals surface area contributed by atoms with Crippen molar-refractivity contribution in [3.8, 4) is 5.75 Å². The fraction of sp³-hybridized carbons (Fsp3) is 0.391. The second kappa shape index (κ2) is 10.4. The number of rotatable bonds is 7. The van der Waals surface area contributed by atoms with Crippen LogP contribution in [0, 0.1) is 0 Å². The number of nitrogens with zero attached hydrogens (tertiary/aromatic N) is 2. The highest BCUT2D eigenvalue weighted by molar-refractivity contribution is 7.89. The number of amides is 1. The second-order valence-electron chi connectivity index (χ2n) is 8.50. The Balaban J connectivity index is 1.84. The molecular weight excluding hydrogens is 503 g/mol. The Bertz CT molecular complexity index is 1240. The minimum absolute atomic E-state index is 0.00934. The summed E-state index contributed by atoms with van der Waals surface area (Å²) < 4.78 is 72.2. The molecule has 1 heterocycles. The van der Waals surface area contributed by atoms with E-state index in [-0.39, 0.29) is 37.2 Å². The zero-order chi connectivity index (χ0) is 26.8. The number of hydrogen-bond donors (Lipinski definition) is 2. The van der Waals surface area contributed by atoms with E-state index in [1.165, 1.54) is 36.7 Å². The third-order valence-electron chi connectivity index (χ3n) is 5.81. The number of carbonyl (C=O) groups excluding carboxylic acids is 2. The van der Waals surface area contributed by atoms with E-state index in [0.29, 0.717) is 5.69 Å². The number of ketones is 1. The second-order valence-corrected chi connectivity index (χ2v) is 10.4. The molecule has 0 bridgehead atoms. The zero-order valence-electron chi connectivity index (χ0n) is 19.8. The van der Waals surface area contributed by atoms with Crippen molar-refractivity contribution in [1.82, 2.24) is 9.79 Å². The van der Waals surface area contributed by atoms with Gasteiger partial charge in [-0.15, -0.1) is 0 Å². The van der Waals surface area contributed by atoms with Crippen LogP contribution in [-0.4, -0.2) is 62.9 Å². The predicted molar refractivity (Wildman–Crippen MR) is 124 cm³/mol. The molecule has 1 aliphatic heterocycles. The number of sulfonamides is 1. The maximum absolute atomic E-state index is 13.6. The number of ether oxygens (including phenoxy) is 1. The van der Waals surface area contributed by atoms with Crippen LogP contribution < -0.4 is 15.1 Å². The Morgan fingerprint density at radius 3 is 2.17 bits per heavy atom. The molecular formula is C23H26F3N3O6S. The third-order valence-corrected chi connectivity index (χ3v) is 7.74. The summed E-state index contributed by atoms with van der Waals surface area (Å²) in [4.78, 5) is 25.8. The van der Waals surface area contributed by atoms with Gasteiger partial charge in [0, 0.05) is 38.4 Å². The zero-order valence-corrected chi connectivity index (χ0v) is 20.6. The predicted octanol–water partition coefficient (Wildman–Crippen LogP) is 3.33. The van der Waals surface area contributed by atoms with Gasteiger partial charge in [-0.25, -0.2) is 13.9 Å². The number of Topliss-reactive ketones (excluding diaryl/α,β-unsaturated/α-hetero) is 1. The molecule has 1 aliphatic rings. The Hall–Kier alpha value is -3.16. The van der Waals surface area contributed by atoms with Gasteiger partial charge < -0.3 is 9.64 Å². The van der Waals surface area contributed by atoms with Gasteiger partial charge in [0.2, 0.25) is 10.0 Å². The molecule has 2 aromatic rings. The molecule has 0 saturated carbocycles. The van der Waals surface area contributed by atoms with Crippen molar-refractivity contribution >= 4 is 27.4 Å². The average molecular weight is 530 g/mol. The standard InChI is InChI=1S/C23H26F3N3O6S/c1-14(30)19-12-16(28(2)3)13-20(21(19)22(31)27-32)36(33,34)29-10-8-18(9-11-29)35-17-6-4-15(5-7-17)23(24,25)26/h4-7,12-13,18,32H,8-11H2,1-3H3,(H,27,31). The molecule has 13 heteroatoms. The molecule has 0 aliphatic carbocycles. The smallest absolute Gasteiger partial charge is 0.416 e. The van der Waals surface area contributed by atoms with Gasteiger partial charge in [-0.2, -0.15) is 17.5 Å². The lowest BCUT2D eigenvalue weighted by Crippen LogP contribution is -2.42. The van der Waals surface area contributed by atoms with Gasteiger partial charge >= 0.3 is 6.18 Å². The monoisotopic (exact) mass is 529 g/mol. The Morgan fingerprint density at radius 2 is 1.69 bits per heavy atom. The van der Waals surface area contributed by atoms with Crippen LogP contribution in [0.5, 0.6) is 5.75 Å². The first-order valence-corrected chi connectivity index (χ1v) is 12.3. The highest BCUT2D eigenvalue weighted by Crippen LogP contribution is 2.33. The van der Waals surface area contributed by atoms with Crippen LogP contribution in [0.25, 0.3) is 0 Å². The van der Waals surface area contributed by atoms with Crippen LogP contribution >= 0.6 is 0 Å². The topological polar surface area (TPSA) is 116 Å². The number of hydroxylamine groups is 1. The third kappa shape index (κ3) is 5.79. The van der Waals surface area contributed by atoms with E-state index in [0.717, 1.165) is 16.4 Å². The Labute approximate surface area is 206 Å². The number of halogens is 3. The van der Waals surface area contributed by atoms with E-state index in [1.807, 2.05) is 0 Å². The summed E-state index contributed by atoms with van der Waals surface area (Å²) in [5.74, 6) is -1.46. The lowest BCUT2D eigenvalue weighted by atomic mass is 10.0. The lowest BCUT2D eigenvalue weighted by molar-refractivity contribution is -0.137. The van der Waals surface area contributed by atoms with Gasteiger partial charge in [-0.3, -0.25) is 14.8 Å². The van der Waals surface area contributed by atoms with Crippen molar-refractivity contribution < 1.29 is 41.1 Å². The molecule has 1 saturated heterocycles. The number of anilines is 1. The van der Waals surface area contributed by atoms with Crippen LogP contribution in [0.15, 0.2) is 41.3 Å². The highest BCUT2D eigenvalue weighted by atomic mass is 32.2. The SMILES string of the molecule is CC(=O)c1cc(N(C)C)cc(S(=O)(=O)N2CCC(Oc3ccc(C(F)(F)F)cc3)CC2)c1C(=O)NO. The summed E-state index contributed by atoms with van der Waals surface area (Å²) in [6.45, 7) is 1.20. The van der Waals surface area contributed by atoms with Crippen LogP contribution in [0.1, 0.15) is 46.0 Å². The molecule has 0 spiro atoms. The molecule has 196 valence electrons. The van der Waals surface area contributed by atoms with Crippen LogP contribution in [0.4, 0.5) is 18.9 Å².